The maximum Gasteiger partial charge on any atom is 0.260 e. The van der Waals surface area contributed by atoms with Gasteiger partial charge in [0.1, 0.15) is 0 Å². The number of nitrogens with zero attached hydrogens (tertiary/aromatic N) is 2. The van der Waals surface area contributed by atoms with Crippen LogP contribution in [-0.2, 0) is 14.8 Å². The van der Waals surface area contributed by atoms with E-state index in [1.54, 1.807) is 17.0 Å². The molecule has 0 unspecified atom stereocenters. The Morgan fingerprint density at radius 3 is 2.43 bits per heavy atom. The lowest BCUT2D eigenvalue weighted by molar-refractivity contribution is -0.134. The van der Waals surface area contributed by atoms with E-state index in [-0.39, 0.29) is 23.5 Å². The van der Waals surface area contributed by atoms with Gasteiger partial charge in [0.2, 0.25) is 10.0 Å². The van der Waals surface area contributed by atoms with Crippen molar-refractivity contribution in [2.45, 2.75) is 18.1 Å². The quantitative estimate of drug-likeness (QED) is 0.795. The number of hydrogen-bond donors (Lipinski definition) is 0. The summed E-state index contributed by atoms with van der Waals surface area (Å²) in [6, 6.07) is 5.90. The molecule has 0 radical (unpaired) electrons. The van der Waals surface area contributed by atoms with Gasteiger partial charge in [-0.05, 0) is 25.0 Å². The first-order valence-electron chi connectivity index (χ1n) is 7.62. The monoisotopic (exact) mass is 342 g/mol. The lowest BCUT2D eigenvalue weighted by atomic mass is 10.3. The van der Waals surface area contributed by atoms with Crippen LogP contribution in [0, 0.1) is 5.82 Å². The Balaban J connectivity index is 1.49. The molecule has 1 aliphatic heterocycles. The van der Waals surface area contributed by atoms with Gasteiger partial charge in [0.25, 0.3) is 5.91 Å². The lowest BCUT2D eigenvalue weighted by Gasteiger charge is -2.34. The lowest BCUT2D eigenvalue weighted by Crippen LogP contribution is -2.52. The van der Waals surface area contributed by atoms with Crippen molar-refractivity contribution in [3.05, 3.63) is 30.1 Å². The van der Waals surface area contributed by atoms with Crippen molar-refractivity contribution < 1.29 is 22.3 Å². The van der Waals surface area contributed by atoms with Crippen LogP contribution in [0.1, 0.15) is 12.8 Å². The van der Waals surface area contributed by atoms with Crippen LogP contribution in [0.2, 0.25) is 0 Å². The zero-order chi connectivity index (χ0) is 16.4. The molecule has 0 atom stereocenters. The Morgan fingerprint density at radius 2 is 1.83 bits per heavy atom. The minimum absolute atomic E-state index is 0.0378. The van der Waals surface area contributed by atoms with Gasteiger partial charge < -0.3 is 9.64 Å². The molecule has 1 aliphatic carbocycles. The van der Waals surface area contributed by atoms with E-state index < -0.39 is 15.8 Å². The summed E-state index contributed by atoms with van der Waals surface area (Å²) in [6.45, 7) is 1.04. The molecule has 1 aromatic carbocycles. The van der Waals surface area contributed by atoms with Crippen molar-refractivity contribution in [1.29, 1.82) is 0 Å². The number of halogens is 1. The maximum atomic E-state index is 13.4. The minimum Gasteiger partial charge on any atom is -0.481 e. The molecule has 126 valence electrons. The fourth-order valence-electron chi connectivity index (χ4n) is 2.56. The standard InChI is InChI=1S/C15H19FN2O4S/c16-13-3-1-2-4-14(13)22-11-15(19)17-7-9-18(10-8-17)23(20,21)12-5-6-12/h1-4,12H,5-11H2. The molecule has 8 heteroatoms. The highest BCUT2D eigenvalue weighted by molar-refractivity contribution is 7.90. The third kappa shape index (κ3) is 3.64. The van der Waals surface area contributed by atoms with E-state index in [0.717, 1.165) is 12.8 Å². The summed E-state index contributed by atoms with van der Waals surface area (Å²) in [6.07, 6.45) is 1.47. The third-order valence-electron chi connectivity index (χ3n) is 4.08. The van der Waals surface area contributed by atoms with E-state index in [9.17, 15) is 17.6 Å². The van der Waals surface area contributed by atoms with Crippen molar-refractivity contribution in [2.24, 2.45) is 0 Å². The number of carbonyl (C=O) groups is 1. The number of piperazine rings is 1. The van der Waals surface area contributed by atoms with E-state index in [4.69, 9.17) is 4.74 Å². The second kappa shape index (κ2) is 6.45. The van der Waals surface area contributed by atoms with Crippen molar-refractivity contribution in [1.82, 2.24) is 9.21 Å². The van der Waals surface area contributed by atoms with Gasteiger partial charge in [-0.3, -0.25) is 4.79 Å². The zero-order valence-electron chi connectivity index (χ0n) is 12.7. The molecule has 1 heterocycles. The molecule has 2 fully saturated rings. The van der Waals surface area contributed by atoms with Crippen molar-refractivity contribution in [3.8, 4) is 5.75 Å². The smallest absolute Gasteiger partial charge is 0.260 e. The van der Waals surface area contributed by atoms with Gasteiger partial charge in [-0.2, -0.15) is 4.31 Å². The largest absolute Gasteiger partial charge is 0.481 e. The maximum absolute atomic E-state index is 13.4. The first-order chi connectivity index (χ1) is 11.0. The summed E-state index contributed by atoms with van der Waals surface area (Å²) in [4.78, 5) is 13.7. The van der Waals surface area contributed by atoms with Crippen LogP contribution in [0.3, 0.4) is 0 Å². The van der Waals surface area contributed by atoms with Gasteiger partial charge in [0.15, 0.2) is 18.2 Å². The SMILES string of the molecule is O=C(COc1ccccc1F)N1CCN(S(=O)(=O)C2CC2)CC1. The van der Waals surface area contributed by atoms with Gasteiger partial charge >= 0.3 is 0 Å². The molecule has 23 heavy (non-hydrogen) atoms. The molecule has 0 aromatic heterocycles. The molecule has 3 rings (SSSR count). The summed E-state index contributed by atoms with van der Waals surface area (Å²) in [7, 11) is -3.18. The van der Waals surface area contributed by atoms with E-state index >= 15 is 0 Å². The first kappa shape index (κ1) is 16.2. The Bertz CT molecular complexity index is 682. The Labute approximate surface area is 134 Å². The number of amides is 1. The molecule has 0 spiro atoms. The van der Waals surface area contributed by atoms with Crippen LogP contribution < -0.4 is 4.74 Å². The second-order valence-corrected chi connectivity index (χ2v) is 7.96. The number of hydrogen-bond acceptors (Lipinski definition) is 4. The molecule has 6 nitrogen and oxygen atoms in total. The topological polar surface area (TPSA) is 66.9 Å². The molecule has 0 bridgehead atoms. The average molecular weight is 342 g/mol. The van der Waals surface area contributed by atoms with Crippen LogP contribution in [0.4, 0.5) is 4.39 Å². The number of ether oxygens (including phenoxy) is 1. The normalized spacial score (nSPS) is 19.6. The van der Waals surface area contributed by atoms with Crippen LogP contribution in [0.15, 0.2) is 24.3 Å². The van der Waals surface area contributed by atoms with Crippen LogP contribution in [0.25, 0.3) is 0 Å². The number of rotatable bonds is 5. The Morgan fingerprint density at radius 1 is 1.17 bits per heavy atom. The number of para-hydroxylation sites is 1. The molecule has 0 N–H and O–H groups in total. The Hall–Kier alpha value is -1.67. The van der Waals surface area contributed by atoms with Gasteiger partial charge in [-0.25, -0.2) is 12.8 Å². The molecular weight excluding hydrogens is 323 g/mol. The number of benzene rings is 1. The second-order valence-electron chi connectivity index (χ2n) is 5.74. The van der Waals surface area contributed by atoms with Gasteiger partial charge in [-0.1, -0.05) is 12.1 Å². The predicted molar refractivity (Wildman–Crippen MR) is 82.0 cm³/mol. The fourth-order valence-corrected chi connectivity index (χ4v) is 4.39. The molecule has 1 saturated heterocycles. The Kier molecular flexibility index (Phi) is 4.54. The highest BCUT2D eigenvalue weighted by Gasteiger charge is 2.41. The van der Waals surface area contributed by atoms with E-state index in [1.807, 2.05) is 0 Å². The van der Waals surface area contributed by atoms with Gasteiger partial charge in [0.05, 0.1) is 5.25 Å². The van der Waals surface area contributed by atoms with Crippen molar-refractivity contribution in [3.63, 3.8) is 0 Å². The molecule has 1 amide bonds. The van der Waals surface area contributed by atoms with Crippen molar-refractivity contribution >= 4 is 15.9 Å². The summed E-state index contributed by atoms with van der Waals surface area (Å²) in [5.41, 5.74) is 0. The third-order valence-corrected chi connectivity index (χ3v) is 6.48. The number of carbonyl (C=O) groups excluding carboxylic acids is 1. The predicted octanol–water partition coefficient (Wildman–Crippen LogP) is 0.841. The minimum atomic E-state index is -3.18. The molecular formula is C15H19FN2O4S. The van der Waals surface area contributed by atoms with Crippen LogP contribution in [-0.4, -0.2) is 61.6 Å². The molecule has 2 aliphatic rings. The molecule has 1 aromatic rings. The van der Waals surface area contributed by atoms with Crippen LogP contribution in [0.5, 0.6) is 5.75 Å². The summed E-state index contributed by atoms with van der Waals surface area (Å²) < 4.78 is 44.3. The van der Waals surface area contributed by atoms with Gasteiger partial charge in [-0.15, -0.1) is 0 Å². The summed E-state index contributed by atoms with van der Waals surface area (Å²) >= 11 is 0. The van der Waals surface area contributed by atoms with Gasteiger partial charge in [0, 0.05) is 26.2 Å². The van der Waals surface area contributed by atoms with Crippen LogP contribution >= 0.6 is 0 Å². The van der Waals surface area contributed by atoms with E-state index in [1.165, 1.54) is 16.4 Å². The first-order valence-corrected chi connectivity index (χ1v) is 9.13. The summed E-state index contributed by atoms with van der Waals surface area (Å²) in [5.74, 6) is -0.742. The molecule has 1 saturated carbocycles. The van der Waals surface area contributed by atoms with E-state index in [0.29, 0.717) is 26.2 Å². The zero-order valence-corrected chi connectivity index (χ0v) is 13.5. The van der Waals surface area contributed by atoms with E-state index in [2.05, 4.69) is 0 Å². The highest BCUT2D eigenvalue weighted by atomic mass is 32.2. The number of sulfonamides is 1. The summed E-state index contributed by atoms with van der Waals surface area (Å²) in [5, 5.41) is -0.228. The fraction of sp³-hybridized carbons (Fsp3) is 0.533. The highest BCUT2D eigenvalue weighted by Crippen LogP contribution is 2.31. The average Bonchev–Trinajstić information content (AvgIpc) is 3.39. The van der Waals surface area contributed by atoms with Crippen molar-refractivity contribution in [2.75, 3.05) is 32.8 Å².